The third-order valence-corrected chi connectivity index (χ3v) is 5.85. The van der Waals surface area contributed by atoms with Crippen molar-refractivity contribution in [3.8, 4) is 0 Å². The van der Waals surface area contributed by atoms with Crippen LogP contribution in [0.25, 0.3) is 0 Å². The summed E-state index contributed by atoms with van der Waals surface area (Å²) < 4.78 is 5.05. The summed E-state index contributed by atoms with van der Waals surface area (Å²) in [5.74, 6) is 1.11. The topological polar surface area (TPSA) is 62.7 Å². The Morgan fingerprint density at radius 2 is 1.59 bits per heavy atom. The van der Waals surface area contributed by atoms with E-state index in [0.29, 0.717) is 37.2 Å². The van der Waals surface area contributed by atoms with Crippen LogP contribution in [0.1, 0.15) is 45.4 Å². The molecule has 0 bridgehead atoms. The van der Waals surface area contributed by atoms with Crippen molar-refractivity contribution in [1.29, 1.82) is 0 Å². The molecular weight excluding hydrogens is 342 g/mol. The van der Waals surface area contributed by atoms with E-state index in [1.165, 1.54) is 5.69 Å². The van der Waals surface area contributed by atoms with Gasteiger partial charge < -0.3 is 14.5 Å². The fourth-order valence-electron chi connectivity index (χ4n) is 4.24. The maximum Gasteiger partial charge on any atom is 0.306 e. The summed E-state index contributed by atoms with van der Waals surface area (Å²) in [6, 6.07) is 4.04. The van der Waals surface area contributed by atoms with Crippen LogP contribution in [-0.4, -0.2) is 54.5 Å². The number of aromatic nitrogens is 1. The minimum atomic E-state index is -0.0795. The van der Waals surface area contributed by atoms with Crippen LogP contribution in [0.3, 0.4) is 0 Å². The molecule has 2 fully saturated rings. The SMILES string of the molecule is CCOC(=O)CC1CCC(CC(=O)N2CCN(c3ccncc3)CC2)CC1. The normalized spacial score (nSPS) is 23.1. The molecular formula is C21H31N3O3. The van der Waals surface area contributed by atoms with E-state index >= 15 is 0 Å². The van der Waals surface area contributed by atoms with E-state index in [1.54, 1.807) is 0 Å². The van der Waals surface area contributed by atoms with E-state index in [4.69, 9.17) is 4.74 Å². The average molecular weight is 373 g/mol. The van der Waals surface area contributed by atoms with Gasteiger partial charge in [0.1, 0.15) is 0 Å². The van der Waals surface area contributed by atoms with Gasteiger partial charge in [0.15, 0.2) is 0 Å². The monoisotopic (exact) mass is 373 g/mol. The molecule has 1 saturated heterocycles. The number of rotatable bonds is 6. The number of anilines is 1. The van der Waals surface area contributed by atoms with E-state index in [1.807, 2.05) is 36.4 Å². The van der Waals surface area contributed by atoms with Crippen LogP contribution >= 0.6 is 0 Å². The van der Waals surface area contributed by atoms with E-state index in [-0.39, 0.29) is 5.97 Å². The van der Waals surface area contributed by atoms with Crippen LogP contribution in [0.5, 0.6) is 0 Å². The molecule has 3 rings (SSSR count). The van der Waals surface area contributed by atoms with Gasteiger partial charge in [0.2, 0.25) is 5.91 Å². The smallest absolute Gasteiger partial charge is 0.306 e. The van der Waals surface area contributed by atoms with Crippen LogP contribution in [0.4, 0.5) is 5.69 Å². The van der Waals surface area contributed by atoms with Crippen molar-refractivity contribution in [2.24, 2.45) is 11.8 Å². The molecule has 1 aliphatic heterocycles. The average Bonchev–Trinajstić information content (AvgIpc) is 2.70. The quantitative estimate of drug-likeness (QED) is 0.718. The van der Waals surface area contributed by atoms with E-state index in [9.17, 15) is 9.59 Å². The summed E-state index contributed by atoms with van der Waals surface area (Å²) in [6.45, 7) is 5.64. The Labute approximate surface area is 161 Å². The summed E-state index contributed by atoms with van der Waals surface area (Å²) in [6.07, 6.45) is 8.97. The summed E-state index contributed by atoms with van der Waals surface area (Å²) in [5, 5.41) is 0. The molecule has 1 aliphatic carbocycles. The van der Waals surface area contributed by atoms with Gasteiger partial charge in [0.05, 0.1) is 6.61 Å². The fourth-order valence-corrected chi connectivity index (χ4v) is 4.24. The molecule has 27 heavy (non-hydrogen) atoms. The van der Waals surface area contributed by atoms with Gasteiger partial charge in [-0.3, -0.25) is 14.6 Å². The number of pyridine rings is 1. The molecule has 6 heteroatoms. The Morgan fingerprint density at radius 1 is 1.00 bits per heavy atom. The second-order valence-corrected chi connectivity index (χ2v) is 7.67. The largest absolute Gasteiger partial charge is 0.466 e. The van der Waals surface area contributed by atoms with Crippen LogP contribution < -0.4 is 4.90 Å². The van der Waals surface area contributed by atoms with Gasteiger partial charge in [0.25, 0.3) is 0 Å². The fraction of sp³-hybridized carbons (Fsp3) is 0.667. The highest BCUT2D eigenvalue weighted by Crippen LogP contribution is 2.33. The molecule has 6 nitrogen and oxygen atoms in total. The standard InChI is InChI=1S/C21H31N3O3/c1-2-27-21(26)16-18-5-3-17(4-6-18)15-20(25)24-13-11-23(12-14-24)19-7-9-22-10-8-19/h7-10,17-18H,2-6,11-16H2,1H3. The molecule has 0 unspecified atom stereocenters. The van der Waals surface area contributed by atoms with E-state index in [2.05, 4.69) is 9.88 Å². The van der Waals surface area contributed by atoms with Crippen molar-refractivity contribution in [3.63, 3.8) is 0 Å². The lowest BCUT2D eigenvalue weighted by Gasteiger charge is -2.37. The van der Waals surface area contributed by atoms with E-state index < -0.39 is 0 Å². The number of carbonyl (C=O) groups is 2. The molecule has 0 aromatic carbocycles. The maximum absolute atomic E-state index is 12.7. The molecule has 0 radical (unpaired) electrons. The maximum atomic E-state index is 12.7. The van der Waals surface area contributed by atoms with Gasteiger partial charge in [-0.1, -0.05) is 0 Å². The number of hydrogen-bond donors (Lipinski definition) is 0. The summed E-state index contributed by atoms with van der Waals surface area (Å²) in [4.78, 5) is 32.7. The molecule has 2 heterocycles. The van der Waals surface area contributed by atoms with Crippen LogP contribution in [-0.2, 0) is 14.3 Å². The second kappa shape index (κ2) is 9.72. The number of esters is 1. The number of ether oxygens (including phenoxy) is 1. The Hall–Kier alpha value is -2.11. The van der Waals surface area contributed by atoms with E-state index in [0.717, 1.165) is 51.9 Å². The van der Waals surface area contributed by atoms with Crippen LogP contribution in [0.15, 0.2) is 24.5 Å². The number of nitrogens with zero attached hydrogens (tertiary/aromatic N) is 3. The molecule has 2 aliphatic rings. The molecule has 1 amide bonds. The van der Waals surface area contributed by atoms with Crippen LogP contribution in [0.2, 0.25) is 0 Å². The van der Waals surface area contributed by atoms with Crippen molar-refractivity contribution in [2.75, 3.05) is 37.7 Å². The first-order valence-corrected chi connectivity index (χ1v) is 10.2. The number of hydrogen-bond acceptors (Lipinski definition) is 5. The minimum Gasteiger partial charge on any atom is -0.466 e. The molecule has 1 saturated carbocycles. The third-order valence-electron chi connectivity index (χ3n) is 5.85. The Bertz CT molecular complexity index is 606. The molecule has 0 spiro atoms. The van der Waals surface area contributed by atoms with Crippen molar-refractivity contribution in [3.05, 3.63) is 24.5 Å². The van der Waals surface area contributed by atoms with Crippen molar-refractivity contribution < 1.29 is 14.3 Å². The van der Waals surface area contributed by atoms with Crippen LogP contribution in [0, 0.1) is 11.8 Å². The first-order chi connectivity index (χ1) is 13.2. The Morgan fingerprint density at radius 3 is 2.19 bits per heavy atom. The summed E-state index contributed by atoms with van der Waals surface area (Å²) in [5.41, 5.74) is 1.18. The highest BCUT2D eigenvalue weighted by Gasteiger charge is 2.28. The van der Waals surface area contributed by atoms with Gasteiger partial charge in [0, 0.05) is 57.1 Å². The highest BCUT2D eigenvalue weighted by atomic mass is 16.5. The lowest BCUT2D eigenvalue weighted by molar-refractivity contribution is -0.144. The zero-order valence-electron chi connectivity index (χ0n) is 16.3. The van der Waals surface area contributed by atoms with Crippen molar-refractivity contribution >= 4 is 17.6 Å². The number of piperazine rings is 1. The zero-order chi connectivity index (χ0) is 19.1. The lowest BCUT2D eigenvalue weighted by atomic mass is 9.79. The van der Waals surface area contributed by atoms with Gasteiger partial charge in [-0.15, -0.1) is 0 Å². The highest BCUT2D eigenvalue weighted by molar-refractivity contribution is 5.76. The lowest BCUT2D eigenvalue weighted by Crippen LogP contribution is -2.49. The zero-order valence-corrected chi connectivity index (χ0v) is 16.3. The first-order valence-electron chi connectivity index (χ1n) is 10.2. The van der Waals surface area contributed by atoms with Gasteiger partial charge in [-0.05, 0) is 56.6 Å². The minimum absolute atomic E-state index is 0.0795. The van der Waals surface area contributed by atoms with Crippen molar-refractivity contribution in [2.45, 2.75) is 45.4 Å². The summed E-state index contributed by atoms with van der Waals surface area (Å²) >= 11 is 0. The first kappa shape index (κ1) is 19.6. The predicted octanol–water partition coefficient (Wildman–Crippen LogP) is 2.88. The Balaban J connectivity index is 1.37. The Kier molecular flexibility index (Phi) is 7.07. The van der Waals surface area contributed by atoms with Gasteiger partial charge in [-0.2, -0.15) is 0 Å². The van der Waals surface area contributed by atoms with Gasteiger partial charge >= 0.3 is 5.97 Å². The number of amides is 1. The van der Waals surface area contributed by atoms with Gasteiger partial charge in [-0.25, -0.2) is 0 Å². The molecule has 148 valence electrons. The molecule has 1 aromatic rings. The molecule has 0 atom stereocenters. The molecule has 0 N–H and O–H groups in total. The second-order valence-electron chi connectivity index (χ2n) is 7.67. The summed E-state index contributed by atoms with van der Waals surface area (Å²) in [7, 11) is 0. The van der Waals surface area contributed by atoms with Crippen molar-refractivity contribution in [1.82, 2.24) is 9.88 Å². The molecule has 1 aromatic heterocycles. The third kappa shape index (κ3) is 5.68. The number of carbonyl (C=O) groups excluding carboxylic acids is 2. The predicted molar refractivity (Wildman–Crippen MR) is 104 cm³/mol.